The molecule has 0 aromatic heterocycles. The zero-order valence-corrected chi connectivity index (χ0v) is 18.0. The van der Waals surface area contributed by atoms with Crippen LogP contribution in [0.2, 0.25) is 5.02 Å². The molecule has 4 atom stereocenters. The van der Waals surface area contributed by atoms with E-state index in [-0.39, 0.29) is 23.6 Å². The molecule has 0 N–H and O–H groups in total. The Balaban J connectivity index is 1.41. The average Bonchev–Trinajstić information content (AvgIpc) is 3.45. The fourth-order valence-corrected chi connectivity index (χ4v) is 6.00. The molecular weight excluding hydrogens is 424 g/mol. The number of nitrogens with zero attached hydrogens (tertiary/aromatic N) is 2. The second kappa shape index (κ2) is 7.26. The third kappa shape index (κ3) is 2.78. The van der Waals surface area contributed by atoms with E-state index in [1.54, 1.807) is 24.3 Å². The quantitative estimate of drug-likeness (QED) is 0.445. The van der Waals surface area contributed by atoms with Gasteiger partial charge in [-0.1, -0.05) is 41.9 Å². The van der Waals surface area contributed by atoms with Crippen LogP contribution in [0.4, 0.5) is 5.69 Å². The fraction of sp³-hybridized carbons (Fsp3) is 0.269. The highest BCUT2D eigenvalue weighted by Crippen LogP contribution is 2.48. The highest BCUT2D eigenvalue weighted by molar-refractivity contribution is 6.30. The molecule has 0 aliphatic carbocycles. The molecule has 0 unspecified atom stereocenters. The van der Waals surface area contributed by atoms with E-state index in [0.717, 1.165) is 30.2 Å². The monoisotopic (exact) mass is 444 g/mol. The van der Waals surface area contributed by atoms with Gasteiger partial charge < -0.3 is 0 Å². The standard InChI is InChI=1S/C26H21ClN2O3/c27-18-10-7-16(8-11-18)24(30)23-22-21(20-6-3-13-28(20)23)25(31)29(26(22)32)19-12-9-15-4-1-2-5-17(15)14-19/h1-2,4-5,7-12,14,20-23H,3,6,13H2/t20-,21+,22+,23+/m0/s1. The first-order valence-electron chi connectivity index (χ1n) is 11.0. The molecule has 3 aromatic rings. The molecule has 5 nitrogen and oxygen atoms in total. The topological polar surface area (TPSA) is 57.7 Å². The Morgan fingerprint density at radius 1 is 0.875 bits per heavy atom. The van der Waals surface area contributed by atoms with Crippen LogP contribution in [0.25, 0.3) is 10.8 Å². The van der Waals surface area contributed by atoms with Crippen LogP contribution < -0.4 is 4.90 Å². The van der Waals surface area contributed by atoms with Crippen LogP contribution in [0.1, 0.15) is 23.2 Å². The Morgan fingerprint density at radius 3 is 2.38 bits per heavy atom. The van der Waals surface area contributed by atoms with Crippen LogP contribution in [-0.2, 0) is 9.59 Å². The number of rotatable bonds is 3. The molecule has 32 heavy (non-hydrogen) atoms. The Bertz CT molecular complexity index is 1270. The SMILES string of the molecule is O=C(c1ccc(Cl)cc1)[C@H]1[C@@H]2C(=O)N(c3ccc4ccccc4c3)C(=O)[C@@H]2[C@@H]2CCCN21. The van der Waals surface area contributed by atoms with Gasteiger partial charge in [0.1, 0.15) is 0 Å². The van der Waals surface area contributed by atoms with Crippen LogP contribution in [0.15, 0.2) is 66.7 Å². The highest BCUT2D eigenvalue weighted by Gasteiger charge is 2.64. The Labute approximate surface area is 190 Å². The van der Waals surface area contributed by atoms with Crippen molar-refractivity contribution in [3.8, 4) is 0 Å². The number of hydrogen-bond donors (Lipinski definition) is 0. The lowest BCUT2D eigenvalue weighted by Crippen LogP contribution is -2.46. The second-order valence-electron chi connectivity index (χ2n) is 8.86. The van der Waals surface area contributed by atoms with E-state index in [9.17, 15) is 14.4 Å². The first-order chi connectivity index (χ1) is 15.5. The number of carbonyl (C=O) groups excluding carboxylic acids is 3. The predicted molar refractivity (Wildman–Crippen MR) is 123 cm³/mol. The van der Waals surface area contributed by atoms with Gasteiger partial charge in [0, 0.05) is 16.6 Å². The molecule has 160 valence electrons. The van der Waals surface area contributed by atoms with Crippen molar-refractivity contribution in [3.63, 3.8) is 0 Å². The molecule has 0 saturated carbocycles. The molecule has 0 spiro atoms. The zero-order chi connectivity index (χ0) is 22.0. The third-order valence-electron chi connectivity index (χ3n) is 7.24. The highest BCUT2D eigenvalue weighted by atomic mass is 35.5. The largest absolute Gasteiger partial charge is 0.292 e. The Kier molecular flexibility index (Phi) is 4.46. The molecule has 6 rings (SSSR count). The first-order valence-corrected chi connectivity index (χ1v) is 11.3. The maximum absolute atomic E-state index is 13.7. The summed E-state index contributed by atoms with van der Waals surface area (Å²) in [4.78, 5) is 44.2. The summed E-state index contributed by atoms with van der Waals surface area (Å²) in [6.45, 7) is 0.734. The van der Waals surface area contributed by atoms with Gasteiger partial charge >= 0.3 is 0 Å². The summed E-state index contributed by atoms with van der Waals surface area (Å²) >= 11 is 6.00. The van der Waals surface area contributed by atoms with E-state index in [1.807, 2.05) is 42.5 Å². The van der Waals surface area contributed by atoms with E-state index in [1.165, 1.54) is 4.90 Å². The summed E-state index contributed by atoms with van der Waals surface area (Å²) in [6.07, 6.45) is 1.76. The molecule has 0 radical (unpaired) electrons. The van der Waals surface area contributed by atoms with Gasteiger partial charge in [-0.05, 0) is 66.6 Å². The number of hydrogen-bond acceptors (Lipinski definition) is 4. The van der Waals surface area contributed by atoms with Crippen molar-refractivity contribution in [3.05, 3.63) is 77.3 Å². The number of benzene rings is 3. The molecule has 3 aromatic carbocycles. The van der Waals surface area contributed by atoms with Crippen molar-refractivity contribution in [2.75, 3.05) is 11.4 Å². The number of amides is 2. The van der Waals surface area contributed by atoms with Crippen molar-refractivity contribution in [2.24, 2.45) is 11.8 Å². The molecule has 0 bridgehead atoms. The summed E-state index contributed by atoms with van der Waals surface area (Å²) in [5.74, 6) is -1.68. The molecule has 3 aliphatic heterocycles. The van der Waals surface area contributed by atoms with Gasteiger partial charge in [-0.15, -0.1) is 0 Å². The van der Waals surface area contributed by atoms with Gasteiger partial charge in [0.25, 0.3) is 0 Å². The van der Waals surface area contributed by atoms with Crippen molar-refractivity contribution >= 4 is 45.7 Å². The maximum Gasteiger partial charge on any atom is 0.239 e. The van der Waals surface area contributed by atoms with Crippen LogP contribution in [0.5, 0.6) is 0 Å². The van der Waals surface area contributed by atoms with Gasteiger partial charge in [0.15, 0.2) is 5.78 Å². The second-order valence-corrected chi connectivity index (χ2v) is 9.29. The van der Waals surface area contributed by atoms with Gasteiger partial charge in [-0.2, -0.15) is 0 Å². The number of ketones is 1. The van der Waals surface area contributed by atoms with Crippen molar-refractivity contribution in [1.29, 1.82) is 0 Å². The molecule has 3 fully saturated rings. The Morgan fingerprint density at radius 2 is 1.59 bits per heavy atom. The van der Waals surface area contributed by atoms with Crippen molar-refractivity contribution in [2.45, 2.75) is 24.9 Å². The number of fused-ring (bicyclic) bond motifs is 4. The number of anilines is 1. The van der Waals surface area contributed by atoms with Crippen LogP contribution in [-0.4, -0.2) is 41.1 Å². The van der Waals surface area contributed by atoms with Crippen LogP contribution >= 0.6 is 11.6 Å². The molecular formula is C26H21ClN2O3. The Hall–Kier alpha value is -3.02. The fourth-order valence-electron chi connectivity index (χ4n) is 5.87. The third-order valence-corrected chi connectivity index (χ3v) is 7.49. The lowest BCUT2D eigenvalue weighted by molar-refractivity contribution is -0.123. The smallest absolute Gasteiger partial charge is 0.239 e. The average molecular weight is 445 g/mol. The van der Waals surface area contributed by atoms with Crippen molar-refractivity contribution < 1.29 is 14.4 Å². The van der Waals surface area contributed by atoms with Gasteiger partial charge in [-0.25, -0.2) is 4.90 Å². The molecule has 2 amide bonds. The molecule has 6 heteroatoms. The van der Waals surface area contributed by atoms with Crippen LogP contribution in [0, 0.1) is 11.8 Å². The van der Waals surface area contributed by atoms with Gasteiger partial charge in [0.05, 0.1) is 23.6 Å². The number of halogens is 1. The lowest BCUT2D eigenvalue weighted by atomic mass is 9.85. The minimum Gasteiger partial charge on any atom is -0.292 e. The molecule has 3 aliphatic rings. The van der Waals surface area contributed by atoms with E-state index in [4.69, 9.17) is 11.6 Å². The predicted octanol–water partition coefficient (Wildman–Crippen LogP) is 4.33. The van der Waals surface area contributed by atoms with E-state index >= 15 is 0 Å². The van der Waals surface area contributed by atoms with Crippen molar-refractivity contribution in [1.82, 2.24) is 4.90 Å². The number of carbonyl (C=O) groups is 3. The zero-order valence-electron chi connectivity index (χ0n) is 17.3. The first kappa shape index (κ1) is 19.6. The summed E-state index contributed by atoms with van der Waals surface area (Å²) in [5, 5.41) is 2.58. The lowest BCUT2D eigenvalue weighted by Gasteiger charge is -2.27. The summed E-state index contributed by atoms with van der Waals surface area (Å²) in [5.41, 5.74) is 1.10. The molecule has 3 heterocycles. The summed E-state index contributed by atoms with van der Waals surface area (Å²) in [6, 6.07) is 19.6. The minimum absolute atomic E-state index is 0.0665. The van der Waals surface area contributed by atoms with E-state index in [0.29, 0.717) is 16.3 Å². The number of Topliss-reactive ketones (excluding diaryl/α,β-unsaturated/α-hetero) is 1. The summed E-state index contributed by atoms with van der Waals surface area (Å²) in [7, 11) is 0. The summed E-state index contributed by atoms with van der Waals surface area (Å²) < 4.78 is 0. The normalized spacial score (nSPS) is 27.2. The minimum atomic E-state index is -0.651. The molecule has 3 saturated heterocycles. The van der Waals surface area contributed by atoms with E-state index in [2.05, 4.69) is 4.90 Å². The van der Waals surface area contributed by atoms with Gasteiger partial charge in [0.2, 0.25) is 11.8 Å². The maximum atomic E-state index is 13.7. The number of imide groups is 1. The van der Waals surface area contributed by atoms with Gasteiger partial charge in [-0.3, -0.25) is 19.3 Å². The van der Waals surface area contributed by atoms with Crippen LogP contribution in [0.3, 0.4) is 0 Å². The van der Waals surface area contributed by atoms with E-state index < -0.39 is 17.9 Å².